The van der Waals surface area contributed by atoms with Gasteiger partial charge in [0, 0.05) is 6.54 Å². The molecule has 0 radical (unpaired) electrons. The van der Waals surface area contributed by atoms with E-state index in [1.807, 2.05) is 5.32 Å². The number of rotatable bonds is 2. The average molecular weight is 154 g/mol. The summed E-state index contributed by atoms with van der Waals surface area (Å²) in [6.07, 6.45) is 1.37. The molecule has 0 unspecified atom stereocenters. The highest BCUT2D eigenvalue weighted by atomic mass is 16.2. The molecule has 0 atom stereocenters. The highest BCUT2D eigenvalue weighted by molar-refractivity contribution is 6.44. The van der Waals surface area contributed by atoms with Crippen molar-refractivity contribution in [3.63, 3.8) is 0 Å². The van der Waals surface area contributed by atoms with Crippen molar-refractivity contribution >= 4 is 17.8 Å². The highest BCUT2D eigenvalue weighted by Gasteiger charge is 2.35. The molecule has 0 aromatic rings. The van der Waals surface area contributed by atoms with Crippen molar-refractivity contribution in [2.45, 2.75) is 0 Å². The van der Waals surface area contributed by atoms with E-state index in [-0.39, 0.29) is 6.54 Å². The normalized spacial score (nSPS) is 17.1. The number of nitrogens with one attached hydrogen (secondary N) is 1. The molecule has 5 heteroatoms. The predicted molar refractivity (Wildman–Crippen MR) is 35.4 cm³/mol. The molecular formula is C6H6N2O3. The summed E-state index contributed by atoms with van der Waals surface area (Å²) >= 11 is 0. The van der Waals surface area contributed by atoms with Gasteiger partial charge in [-0.25, -0.2) is 4.79 Å². The van der Waals surface area contributed by atoms with Crippen LogP contribution < -0.4 is 5.32 Å². The van der Waals surface area contributed by atoms with E-state index in [0.717, 1.165) is 4.90 Å². The second kappa shape index (κ2) is 2.53. The van der Waals surface area contributed by atoms with E-state index in [1.54, 1.807) is 0 Å². The quantitative estimate of drug-likeness (QED) is 0.323. The number of amides is 4. The lowest BCUT2D eigenvalue weighted by molar-refractivity contribution is -0.139. The third kappa shape index (κ3) is 1.12. The van der Waals surface area contributed by atoms with E-state index < -0.39 is 17.8 Å². The molecule has 11 heavy (non-hydrogen) atoms. The Morgan fingerprint density at radius 3 is 2.45 bits per heavy atom. The lowest BCUT2D eigenvalue weighted by Gasteiger charge is -2.05. The summed E-state index contributed by atoms with van der Waals surface area (Å²) in [5.74, 6) is -1.70. The molecule has 1 aliphatic heterocycles. The van der Waals surface area contributed by atoms with Gasteiger partial charge >= 0.3 is 17.8 Å². The summed E-state index contributed by atoms with van der Waals surface area (Å²) in [5.41, 5.74) is 0. The van der Waals surface area contributed by atoms with Crippen LogP contribution >= 0.6 is 0 Å². The maximum Gasteiger partial charge on any atom is 0.331 e. The first-order valence-corrected chi connectivity index (χ1v) is 2.94. The van der Waals surface area contributed by atoms with E-state index in [9.17, 15) is 14.4 Å². The van der Waals surface area contributed by atoms with Gasteiger partial charge in [-0.3, -0.25) is 19.8 Å². The van der Waals surface area contributed by atoms with Gasteiger partial charge in [0.1, 0.15) is 0 Å². The summed E-state index contributed by atoms with van der Waals surface area (Å²) < 4.78 is 0. The molecule has 0 spiro atoms. The SMILES string of the molecule is C=CCN1C(=O)NC(=O)C1=O. The van der Waals surface area contributed by atoms with E-state index in [4.69, 9.17) is 0 Å². The van der Waals surface area contributed by atoms with Crippen LogP contribution in [0.25, 0.3) is 0 Å². The number of urea groups is 1. The third-order valence-corrected chi connectivity index (χ3v) is 1.22. The van der Waals surface area contributed by atoms with Crippen LogP contribution in [0, 0.1) is 0 Å². The molecule has 58 valence electrons. The molecule has 1 aliphatic rings. The van der Waals surface area contributed by atoms with Crippen LogP contribution in [0.5, 0.6) is 0 Å². The second-order valence-electron chi connectivity index (χ2n) is 1.96. The standard InChI is InChI=1S/C6H6N2O3/c1-2-3-8-5(10)4(9)7-6(8)11/h2H,1,3H2,(H,7,9,11). The smallest absolute Gasteiger partial charge is 0.269 e. The monoisotopic (exact) mass is 154 g/mol. The lowest BCUT2D eigenvalue weighted by atomic mass is 10.5. The van der Waals surface area contributed by atoms with Crippen LogP contribution in [0.2, 0.25) is 0 Å². The van der Waals surface area contributed by atoms with Crippen molar-refractivity contribution < 1.29 is 14.4 Å². The van der Waals surface area contributed by atoms with Gasteiger partial charge < -0.3 is 0 Å². The number of hydrogen-bond donors (Lipinski definition) is 1. The maximum absolute atomic E-state index is 10.8. The Labute approximate surface area is 62.7 Å². The van der Waals surface area contributed by atoms with Gasteiger partial charge in [-0.1, -0.05) is 6.08 Å². The van der Waals surface area contributed by atoms with Crippen molar-refractivity contribution in [3.8, 4) is 0 Å². The van der Waals surface area contributed by atoms with Crippen LogP contribution in [0.3, 0.4) is 0 Å². The molecule has 1 heterocycles. The van der Waals surface area contributed by atoms with E-state index in [0.29, 0.717) is 0 Å². The number of imide groups is 2. The molecule has 1 fully saturated rings. The third-order valence-electron chi connectivity index (χ3n) is 1.22. The molecule has 0 bridgehead atoms. The zero-order valence-corrected chi connectivity index (χ0v) is 5.66. The minimum absolute atomic E-state index is 0.0659. The van der Waals surface area contributed by atoms with Crippen LogP contribution in [0.4, 0.5) is 4.79 Å². The summed E-state index contributed by atoms with van der Waals surface area (Å²) in [7, 11) is 0. The average Bonchev–Trinajstić information content (AvgIpc) is 2.17. The molecule has 1 rings (SSSR count). The van der Waals surface area contributed by atoms with Gasteiger partial charge in [0.15, 0.2) is 0 Å². The summed E-state index contributed by atoms with van der Waals surface area (Å²) in [4.78, 5) is 32.8. The number of nitrogens with zero attached hydrogens (tertiary/aromatic N) is 1. The van der Waals surface area contributed by atoms with Crippen LogP contribution in [-0.4, -0.2) is 29.3 Å². The van der Waals surface area contributed by atoms with Crippen molar-refractivity contribution in [2.24, 2.45) is 0 Å². The summed E-state index contributed by atoms with van der Waals surface area (Å²) in [6.45, 7) is 3.40. The van der Waals surface area contributed by atoms with Crippen molar-refractivity contribution in [1.29, 1.82) is 0 Å². The Kier molecular flexibility index (Phi) is 1.72. The zero-order valence-electron chi connectivity index (χ0n) is 5.66. The molecule has 5 nitrogen and oxygen atoms in total. The fourth-order valence-corrected chi connectivity index (χ4v) is 0.728. The minimum atomic E-state index is -0.878. The van der Waals surface area contributed by atoms with Crippen LogP contribution in [0.1, 0.15) is 0 Å². The number of carbonyl (C=O) groups is 3. The molecule has 1 saturated heterocycles. The molecule has 0 aromatic heterocycles. The van der Waals surface area contributed by atoms with E-state index >= 15 is 0 Å². The molecule has 1 N–H and O–H groups in total. The number of carbonyl (C=O) groups excluding carboxylic acids is 3. The van der Waals surface area contributed by atoms with Gasteiger partial charge in [0.25, 0.3) is 0 Å². The fraction of sp³-hybridized carbons (Fsp3) is 0.167. The Balaban J connectivity index is 2.79. The second-order valence-corrected chi connectivity index (χ2v) is 1.96. The van der Waals surface area contributed by atoms with E-state index in [2.05, 4.69) is 6.58 Å². The molecule has 0 saturated carbocycles. The first-order valence-electron chi connectivity index (χ1n) is 2.94. The fourth-order valence-electron chi connectivity index (χ4n) is 0.728. The van der Waals surface area contributed by atoms with Crippen molar-refractivity contribution in [2.75, 3.05) is 6.54 Å². The van der Waals surface area contributed by atoms with Gasteiger partial charge in [-0.05, 0) is 0 Å². The lowest BCUT2D eigenvalue weighted by Crippen LogP contribution is -2.30. The van der Waals surface area contributed by atoms with Crippen molar-refractivity contribution in [1.82, 2.24) is 10.2 Å². The van der Waals surface area contributed by atoms with Gasteiger partial charge in [0.05, 0.1) is 0 Å². The molecule has 0 aliphatic carbocycles. The molecule has 0 aromatic carbocycles. The number of hydrogen-bond acceptors (Lipinski definition) is 3. The largest absolute Gasteiger partial charge is 0.331 e. The Morgan fingerprint density at radius 1 is 1.45 bits per heavy atom. The van der Waals surface area contributed by atoms with Crippen LogP contribution in [0.15, 0.2) is 12.7 Å². The Morgan fingerprint density at radius 2 is 2.09 bits per heavy atom. The van der Waals surface area contributed by atoms with E-state index in [1.165, 1.54) is 6.08 Å². The molecular weight excluding hydrogens is 148 g/mol. The first-order chi connectivity index (χ1) is 5.16. The topological polar surface area (TPSA) is 66.5 Å². The van der Waals surface area contributed by atoms with Crippen molar-refractivity contribution in [3.05, 3.63) is 12.7 Å². The predicted octanol–water partition coefficient (Wildman–Crippen LogP) is -0.749. The minimum Gasteiger partial charge on any atom is -0.269 e. The maximum atomic E-state index is 10.8. The van der Waals surface area contributed by atoms with Gasteiger partial charge in [-0.15, -0.1) is 6.58 Å². The summed E-state index contributed by atoms with van der Waals surface area (Å²) in [5, 5.41) is 1.85. The Bertz CT molecular complexity index is 246. The zero-order chi connectivity index (χ0) is 8.43. The highest BCUT2D eigenvalue weighted by Crippen LogP contribution is 1.98. The summed E-state index contributed by atoms with van der Waals surface area (Å²) in [6, 6.07) is -0.681. The molecule has 4 amide bonds. The Hall–Kier alpha value is -1.65. The van der Waals surface area contributed by atoms with Crippen LogP contribution in [-0.2, 0) is 9.59 Å². The van der Waals surface area contributed by atoms with Gasteiger partial charge in [-0.2, -0.15) is 0 Å². The first kappa shape index (κ1) is 7.46. The van der Waals surface area contributed by atoms with Gasteiger partial charge in [0.2, 0.25) is 0 Å².